The summed E-state index contributed by atoms with van der Waals surface area (Å²) in [7, 11) is 0. The van der Waals surface area contributed by atoms with Crippen LogP contribution in [0.4, 0.5) is 4.39 Å². The molecule has 1 aliphatic rings. The van der Waals surface area contributed by atoms with Crippen LogP contribution in [-0.2, 0) is 4.74 Å². The number of aromatic nitrogens is 1. The van der Waals surface area contributed by atoms with E-state index in [-0.39, 0.29) is 18.8 Å². The Morgan fingerprint density at radius 1 is 1.63 bits per heavy atom. The van der Waals surface area contributed by atoms with E-state index >= 15 is 0 Å². The quantitative estimate of drug-likeness (QED) is 0.850. The van der Waals surface area contributed by atoms with Gasteiger partial charge in [-0.1, -0.05) is 0 Å². The van der Waals surface area contributed by atoms with Crippen LogP contribution in [0.5, 0.6) is 0 Å². The third-order valence-electron chi connectivity index (χ3n) is 3.15. The van der Waals surface area contributed by atoms with Gasteiger partial charge in [-0.05, 0) is 31.4 Å². The minimum atomic E-state index is -0.895. The molecule has 2 rings (SSSR count). The fourth-order valence-electron chi connectivity index (χ4n) is 2.08. The number of halogens is 1. The molecule has 1 saturated heterocycles. The topological polar surface area (TPSA) is 71.5 Å². The van der Waals surface area contributed by atoms with Crippen molar-refractivity contribution in [1.29, 1.82) is 0 Å². The molecule has 1 aromatic heterocycles. The molecule has 5 nitrogen and oxygen atoms in total. The summed E-state index contributed by atoms with van der Waals surface area (Å²) in [6, 6.07) is 2.61. The second-order valence-corrected chi connectivity index (χ2v) is 4.72. The summed E-state index contributed by atoms with van der Waals surface area (Å²) >= 11 is 0. The number of nitrogens with one attached hydrogen (secondary N) is 1. The van der Waals surface area contributed by atoms with E-state index in [1.807, 2.05) is 0 Å². The molecule has 2 heterocycles. The number of carbonyl (C=O) groups is 1. The fraction of sp³-hybridized carbons (Fsp3) is 0.538. The van der Waals surface area contributed by atoms with Crippen LogP contribution >= 0.6 is 0 Å². The van der Waals surface area contributed by atoms with Crippen LogP contribution in [0.15, 0.2) is 18.3 Å². The first-order chi connectivity index (χ1) is 9.11. The first kappa shape index (κ1) is 13.9. The lowest BCUT2D eigenvalue weighted by atomic mass is 9.93. The van der Waals surface area contributed by atoms with Gasteiger partial charge in [-0.3, -0.25) is 4.79 Å². The lowest BCUT2D eigenvalue weighted by molar-refractivity contribution is -0.0887. The molecule has 19 heavy (non-hydrogen) atoms. The number of carbonyl (C=O) groups excluding carboxylic acids is 1. The Hall–Kier alpha value is -1.53. The number of nitrogens with zero attached hydrogens (tertiary/aromatic N) is 1. The highest BCUT2D eigenvalue weighted by Gasteiger charge is 2.29. The fourth-order valence-corrected chi connectivity index (χ4v) is 2.08. The molecule has 1 amide bonds. The predicted molar refractivity (Wildman–Crippen MR) is 66.1 cm³/mol. The molecule has 0 bridgehead atoms. The summed E-state index contributed by atoms with van der Waals surface area (Å²) in [5.41, 5.74) is -1.12. The average Bonchev–Trinajstić information content (AvgIpc) is 2.39. The second-order valence-electron chi connectivity index (χ2n) is 4.72. The van der Waals surface area contributed by atoms with Crippen LogP contribution in [0.1, 0.15) is 29.8 Å². The van der Waals surface area contributed by atoms with E-state index in [1.165, 1.54) is 18.3 Å². The van der Waals surface area contributed by atoms with Crippen molar-refractivity contribution in [3.8, 4) is 0 Å². The Kier molecular flexibility index (Phi) is 4.44. The normalized spacial score (nSPS) is 23.1. The summed E-state index contributed by atoms with van der Waals surface area (Å²) in [6.45, 7) is 1.20. The van der Waals surface area contributed by atoms with E-state index in [4.69, 9.17) is 4.74 Å². The highest BCUT2D eigenvalue weighted by Crippen LogP contribution is 2.21. The number of ether oxygens (including phenoxy) is 1. The number of pyridine rings is 1. The maximum atomic E-state index is 13.3. The van der Waals surface area contributed by atoms with Crippen molar-refractivity contribution < 1.29 is 19.0 Å². The zero-order valence-corrected chi connectivity index (χ0v) is 10.6. The summed E-state index contributed by atoms with van der Waals surface area (Å²) in [5, 5.41) is 12.7. The van der Waals surface area contributed by atoms with Gasteiger partial charge in [-0.15, -0.1) is 0 Å². The molecule has 1 aromatic rings. The standard InChI is InChI=1S/C13H17FN2O3/c14-10-3-1-6-15-11(10)12(17)16-7-5-13(18)4-2-8-19-9-13/h1,3,6,18H,2,4-5,7-9H2,(H,16,17). The van der Waals surface area contributed by atoms with E-state index in [0.29, 0.717) is 19.4 Å². The van der Waals surface area contributed by atoms with Crippen molar-refractivity contribution in [3.63, 3.8) is 0 Å². The van der Waals surface area contributed by atoms with E-state index < -0.39 is 17.3 Å². The van der Waals surface area contributed by atoms with Crippen LogP contribution in [-0.4, -0.2) is 41.4 Å². The largest absolute Gasteiger partial charge is 0.387 e. The Labute approximate surface area is 110 Å². The zero-order valence-electron chi connectivity index (χ0n) is 10.6. The zero-order chi connectivity index (χ0) is 13.7. The highest BCUT2D eigenvalue weighted by molar-refractivity contribution is 5.92. The van der Waals surface area contributed by atoms with Crippen molar-refractivity contribution in [3.05, 3.63) is 29.8 Å². The van der Waals surface area contributed by atoms with Gasteiger partial charge >= 0.3 is 0 Å². The number of aliphatic hydroxyl groups is 1. The first-order valence-corrected chi connectivity index (χ1v) is 6.30. The van der Waals surface area contributed by atoms with Crippen molar-refractivity contribution in [2.75, 3.05) is 19.8 Å². The van der Waals surface area contributed by atoms with Gasteiger partial charge < -0.3 is 15.2 Å². The summed E-state index contributed by atoms with van der Waals surface area (Å²) in [5.74, 6) is -1.22. The minimum Gasteiger partial charge on any atom is -0.387 e. The summed E-state index contributed by atoms with van der Waals surface area (Å²) < 4.78 is 18.5. The van der Waals surface area contributed by atoms with Gasteiger partial charge in [-0.2, -0.15) is 0 Å². The molecule has 2 N–H and O–H groups in total. The van der Waals surface area contributed by atoms with Crippen LogP contribution < -0.4 is 5.32 Å². The molecular weight excluding hydrogens is 251 g/mol. The third-order valence-corrected chi connectivity index (χ3v) is 3.15. The lowest BCUT2D eigenvalue weighted by Crippen LogP contribution is -2.42. The van der Waals surface area contributed by atoms with Gasteiger partial charge in [0.25, 0.3) is 5.91 Å². The van der Waals surface area contributed by atoms with Crippen molar-refractivity contribution in [1.82, 2.24) is 10.3 Å². The molecule has 0 aromatic carbocycles. The molecule has 1 atom stereocenters. The van der Waals surface area contributed by atoms with Crippen molar-refractivity contribution in [2.24, 2.45) is 0 Å². The highest BCUT2D eigenvalue weighted by atomic mass is 19.1. The van der Waals surface area contributed by atoms with Gasteiger partial charge in [-0.25, -0.2) is 9.37 Å². The Balaban J connectivity index is 1.82. The van der Waals surface area contributed by atoms with Gasteiger partial charge in [0.2, 0.25) is 0 Å². The van der Waals surface area contributed by atoms with E-state index in [2.05, 4.69) is 10.3 Å². The van der Waals surface area contributed by atoms with Crippen molar-refractivity contribution >= 4 is 5.91 Å². The van der Waals surface area contributed by atoms with Crippen LogP contribution in [0.25, 0.3) is 0 Å². The number of rotatable bonds is 4. The van der Waals surface area contributed by atoms with Crippen LogP contribution in [0.3, 0.4) is 0 Å². The lowest BCUT2D eigenvalue weighted by Gasteiger charge is -2.31. The molecule has 6 heteroatoms. The molecule has 1 fully saturated rings. The average molecular weight is 268 g/mol. The van der Waals surface area contributed by atoms with E-state index in [0.717, 1.165) is 6.42 Å². The molecule has 1 unspecified atom stereocenters. The first-order valence-electron chi connectivity index (χ1n) is 6.30. The van der Waals surface area contributed by atoms with E-state index in [1.54, 1.807) is 0 Å². The molecule has 0 aliphatic carbocycles. The van der Waals surface area contributed by atoms with Crippen LogP contribution in [0.2, 0.25) is 0 Å². The van der Waals surface area contributed by atoms with Gasteiger partial charge in [0, 0.05) is 19.3 Å². The minimum absolute atomic E-state index is 0.227. The van der Waals surface area contributed by atoms with Gasteiger partial charge in [0.05, 0.1) is 12.2 Å². The number of amides is 1. The molecule has 0 radical (unpaired) electrons. The van der Waals surface area contributed by atoms with Gasteiger partial charge in [0.15, 0.2) is 11.5 Å². The molecule has 104 valence electrons. The summed E-state index contributed by atoms with van der Waals surface area (Å²) in [6.07, 6.45) is 3.20. The molecular formula is C13H17FN2O3. The second kappa shape index (κ2) is 6.08. The Morgan fingerprint density at radius 2 is 2.47 bits per heavy atom. The predicted octanol–water partition coefficient (Wildman–Crippen LogP) is 0.882. The maximum Gasteiger partial charge on any atom is 0.272 e. The Bertz CT molecular complexity index is 447. The number of hydrogen-bond donors (Lipinski definition) is 2. The molecule has 0 saturated carbocycles. The smallest absolute Gasteiger partial charge is 0.272 e. The SMILES string of the molecule is O=C(NCCC1(O)CCCOC1)c1ncccc1F. The van der Waals surface area contributed by atoms with Gasteiger partial charge in [0.1, 0.15) is 0 Å². The van der Waals surface area contributed by atoms with E-state index in [9.17, 15) is 14.3 Å². The van der Waals surface area contributed by atoms with Crippen molar-refractivity contribution in [2.45, 2.75) is 24.9 Å². The molecule has 0 spiro atoms. The maximum absolute atomic E-state index is 13.3. The third kappa shape index (κ3) is 3.71. The Morgan fingerprint density at radius 3 is 3.16 bits per heavy atom. The monoisotopic (exact) mass is 268 g/mol. The van der Waals surface area contributed by atoms with Crippen LogP contribution in [0, 0.1) is 5.82 Å². The number of hydrogen-bond acceptors (Lipinski definition) is 4. The molecule has 1 aliphatic heterocycles. The summed E-state index contributed by atoms with van der Waals surface area (Å²) in [4.78, 5) is 15.4.